The van der Waals surface area contributed by atoms with Crippen molar-refractivity contribution in [1.29, 1.82) is 0 Å². The van der Waals surface area contributed by atoms with Crippen LogP contribution in [0.3, 0.4) is 0 Å². The second kappa shape index (κ2) is 6.32. The van der Waals surface area contributed by atoms with Gasteiger partial charge in [0.2, 0.25) is 0 Å². The van der Waals surface area contributed by atoms with Gasteiger partial charge < -0.3 is 15.8 Å². The minimum absolute atomic E-state index is 0.00344. The Bertz CT molecular complexity index is 675. The second-order valence-corrected chi connectivity index (χ2v) is 4.20. The van der Waals surface area contributed by atoms with Gasteiger partial charge in [0.15, 0.2) is 11.6 Å². The molecular formula is C15H14F2N2O2. The third kappa shape index (κ3) is 2.85. The summed E-state index contributed by atoms with van der Waals surface area (Å²) >= 11 is 0. The average Bonchev–Trinajstić information content (AvgIpc) is 2.48. The number of methoxy groups -OCH3 is 1. The average molecular weight is 292 g/mol. The number of halogens is 2. The molecule has 0 saturated heterocycles. The third-order valence-electron chi connectivity index (χ3n) is 2.98. The normalized spacial score (nSPS) is 10.3. The Labute approximate surface area is 120 Å². The first-order valence-corrected chi connectivity index (χ1v) is 6.19. The summed E-state index contributed by atoms with van der Waals surface area (Å²) in [6.07, 6.45) is 0. The molecule has 21 heavy (non-hydrogen) atoms. The monoisotopic (exact) mass is 292 g/mol. The smallest absolute Gasteiger partial charge is 0.255 e. The number of hydrogen-bond donors (Lipinski definition) is 2. The minimum atomic E-state index is -0.810. The van der Waals surface area contributed by atoms with Gasteiger partial charge in [-0.2, -0.15) is 0 Å². The number of hydrogen-bond acceptors (Lipinski definition) is 3. The summed E-state index contributed by atoms with van der Waals surface area (Å²) in [4.78, 5) is 11.7. The molecule has 0 unspecified atom stereocenters. The molecule has 2 aromatic rings. The Kier molecular flexibility index (Phi) is 4.49. The molecule has 6 heteroatoms. The molecule has 0 aliphatic heterocycles. The van der Waals surface area contributed by atoms with Crippen molar-refractivity contribution in [2.75, 3.05) is 13.8 Å². The van der Waals surface area contributed by atoms with Gasteiger partial charge >= 0.3 is 0 Å². The van der Waals surface area contributed by atoms with E-state index in [2.05, 4.69) is 5.32 Å². The van der Waals surface area contributed by atoms with Gasteiger partial charge in [-0.15, -0.1) is 0 Å². The Morgan fingerprint density at radius 3 is 2.38 bits per heavy atom. The first-order valence-electron chi connectivity index (χ1n) is 6.19. The molecule has 0 spiro atoms. The van der Waals surface area contributed by atoms with Gasteiger partial charge in [0, 0.05) is 11.1 Å². The van der Waals surface area contributed by atoms with Gasteiger partial charge in [-0.1, -0.05) is 24.3 Å². The molecule has 0 heterocycles. The molecule has 110 valence electrons. The number of carbonyl (C=O) groups is 1. The van der Waals surface area contributed by atoms with E-state index in [0.717, 1.165) is 0 Å². The second-order valence-electron chi connectivity index (χ2n) is 4.20. The summed E-state index contributed by atoms with van der Waals surface area (Å²) in [6.45, 7) is -0.115. The van der Waals surface area contributed by atoms with Crippen LogP contribution in [0.25, 0.3) is 11.1 Å². The molecule has 0 saturated carbocycles. The predicted octanol–water partition coefficient (Wildman–Crippen LogP) is 2.29. The fourth-order valence-electron chi connectivity index (χ4n) is 1.98. The molecule has 0 aliphatic rings. The highest BCUT2D eigenvalue weighted by molar-refractivity contribution is 5.95. The zero-order valence-corrected chi connectivity index (χ0v) is 11.3. The van der Waals surface area contributed by atoms with Crippen LogP contribution in [0, 0.1) is 11.6 Å². The van der Waals surface area contributed by atoms with Crippen LogP contribution >= 0.6 is 0 Å². The molecule has 0 radical (unpaired) electrons. The SMILES string of the molecule is COc1cccc(-c2cccc(C(=O)NCN)c2F)c1F. The van der Waals surface area contributed by atoms with Crippen molar-refractivity contribution in [2.24, 2.45) is 5.73 Å². The number of nitrogens with two attached hydrogens (primary N) is 1. The van der Waals surface area contributed by atoms with Crippen molar-refractivity contribution < 1.29 is 18.3 Å². The standard InChI is InChI=1S/C15H14F2N2O2/c1-21-12-7-3-5-10(14(12)17)9-4-2-6-11(13(9)16)15(20)19-8-18/h2-7H,8,18H2,1H3,(H,19,20). The van der Waals surface area contributed by atoms with Crippen molar-refractivity contribution in [3.05, 3.63) is 53.6 Å². The number of nitrogens with one attached hydrogen (secondary N) is 1. The molecule has 4 nitrogen and oxygen atoms in total. The summed E-state index contributed by atoms with van der Waals surface area (Å²) in [5, 5.41) is 2.30. The Morgan fingerprint density at radius 1 is 1.14 bits per heavy atom. The van der Waals surface area contributed by atoms with Crippen molar-refractivity contribution in [3.8, 4) is 16.9 Å². The minimum Gasteiger partial charge on any atom is -0.494 e. The van der Waals surface area contributed by atoms with Gasteiger partial charge in [0.05, 0.1) is 19.3 Å². The maximum absolute atomic E-state index is 14.4. The lowest BCUT2D eigenvalue weighted by Crippen LogP contribution is -2.30. The van der Waals surface area contributed by atoms with Crippen molar-refractivity contribution in [2.45, 2.75) is 0 Å². The predicted molar refractivity (Wildman–Crippen MR) is 74.9 cm³/mol. The fourth-order valence-corrected chi connectivity index (χ4v) is 1.98. The maximum Gasteiger partial charge on any atom is 0.255 e. The van der Waals surface area contributed by atoms with Crippen LogP contribution in [0.2, 0.25) is 0 Å². The van der Waals surface area contributed by atoms with Gasteiger partial charge in [-0.05, 0) is 12.1 Å². The van der Waals surface area contributed by atoms with Crippen LogP contribution in [-0.4, -0.2) is 19.7 Å². The van der Waals surface area contributed by atoms with E-state index >= 15 is 0 Å². The Morgan fingerprint density at radius 2 is 1.76 bits per heavy atom. The lowest BCUT2D eigenvalue weighted by molar-refractivity contribution is 0.0951. The molecule has 1 amide bonds. The molecule has 0 aliphatic carbocycles. The van der Waals surface area contributed by atoms with Crippen LogP contribution in [-0.2, 0) is 0 Å². The van der Waals surface area contributed by atoms with E-state index < -0.39 is 17.5 Å². The molecular weight excluding hydrogens is 278 g/mol. The number of rotatable bonds is 4. The topological polar surface area (TPSA) is 64.3 Å². The highest BCUT2D eigenvalue weighted by atomic mass is 19.1. The van der Waals surface area contributed by atoms with Crippen molar-refractivity contribution in [1.82, 2.24) is 5.32 Å². The highest BCUT2D eigenvalue weighted by Gasteiger charge is 2.18. The van der Waals surface area contributed by atoms with Crippen LogP contribution in [0.4, 0.5) is 8.78 Å². The van der Waals surface area contributed by atoms with E-state index in [1.54, 1.807) is 6.07 Å². The molecule has 0 atom stereocenters. The molecule has 2 aromatic carbocycles. The Hall–Kier alpha value is -2.47. The van der Waals surface area contributed by atoms with Gasteiger partial charge in [0.1, 0.15) is 5.82 Å². The van der Waals surface area contributed by atoms with E-state index in [0.29, 0.717) is 0 Å². The summed E-state index contributed by atoms with van der Waals surface area (Å²) in [5.74, 6) is -2.14. The lowest BCUT2D eigenvalue weighted by Gasteiger charge is -2.11. The quantitative estimate of drug-likeness (QED) is 0.850. The molecule has 0 bridgehead atoms. The summed E-state index contributed by atoms with van der Waals surface area (Å²) in [7, 11) is 1.32. The van der Waals surface area contributed by atoms with Crippen LogP contribution < -0.4 is 15.8 Å². The zero-order chi connectivity index (χ0) is 15.4. The van der Waals surface area contributed by atoms with Crippen LogP contribution in [0.1, 0.15) is 10.4 Å². The van der Waals surface area contributed by atoms with E-state index in [1.165, 1.54) is 37.4 Å². The zero-order valence-electron chi connectivity index (χ0n) is 11.3. The number of carbonyl (C=O) groups excluding carboxylic acids is 1. The van der Waals surface area contributed by atoms with Crippen LogP contribution in [0.15, 0.2) is 36.4 Å². The fraction of sp³-hybridized carbons (Fsp3) is 0.133. The lowest BCUT2D eigenvalue weighted by atomic mass is 10.0. The van der Waals surface area contributed by atoms with Crippen molar-refractivity contribution >= 4 is 5.91 Å². The molecule has 0 fully saturated rings. The number of benzene rings is 2. The molecule has 2 rings (SSSR count). The van der Waals surface area contributed by atoms with E-state index in [4.69, 9.17) is 10.5 Å². The number of ether oxygens (including phenoxy) is 1. The highest BCUT2D eigenvalue weighted by Crippen LogP contribution is 2.31. The molecule has 0 aromatic heterocycles. The summed E-state index contributed by atoms with van der Waals surface area (Å²) < 4.78 is 33.5. The first kappa shape index (κ1) is 14.9. The number of amides is 1. The largest absolute Gasteiger partial charge is 0.494 e. The van der Waals surface area contributed by atoms with Crippen LogP contribution in [0.5, 0.6) is 5.75 Å². The Balaban J connectivity index is 2.56. The maximum atomic E-state index is 14.4. The van der Waals surface area contributed by atoms with Gasteiger partial charge in [-0.25, -0.2) is 8.78 Å². The van der Waals surface area contributed by atoms with Gasteiger partial charge in [-0.3, -0.25) is 4.79 Å². The van der Waals surface area contributed by atoms with Gasteiger partial charge in [0.25, 0.3) is 5.91 Å². The van der Waals surface area contributed by atoms with E-state index in [-0.39, 0.29) is 29.1 Å². The summed E-state index contributed by atoms with van der Waals surface area (Å²) in [5.41, 5.74) is 5.01. The first-order chi connectivity index (χ1) is 10.1. The van der Waals surface area contributed by atoms with E-state index in [9.17, 15) is 13.6 Å². The summed E-state index contributed by atoms with van der Waals surface area (Å²) in [6, 6.07) is 8.57. The molecule has 3 N–H and O–H groups in total. The van der Waals surface area contributed by atoms with E-state index in [1.807, 2.05) is 0 Å². The third-order valence-corrected chi connectivity index (χ3v) is 2.98. The van der Waals surface area contributed by atoms with Crippen molar-refractivity contribution in [3.63, 3.8) is 0 Å².